The molecule has 1 amide bonds. The minimum atomic E-state index is 0.100. The summed E-state index contributed by atoms with van der Waals surface area (Å²) in [6, 6.07) is 13.5. The van der Waals surface area contributed by atoms with E-state index in [1.54, 1.807) is 0 Å². The average molecular weight is 454 g/mol. The lowest BCUT2D eigenvalue weighted by atomic mass is 10.0. The van der Waals surface area contributed by atoms with Crippen LogP contribution in [0.3, 0.4) is 0 Å². The van der Waals surface area contributed by atoms with Crippen molar-refractivity contribution in [1.29, 1.82) is 0 Å². The first-order valence-electron chi connectivity index (χ1n) is 10.3. The standard InChI is InChI=1S/C24H24ClN3O2S/c1-4-28(5-2)21(29)14-31-24-19-13-17-12-15(3)6-11-20(17)30-23(19)26-22(27-24)16-7-9-18(25)10-8-16/h6-12H,4-5,13-14H2,1-3H3. The molecule has 0 bridgehead atoms. The number of hydrogen-bond donors (Lipinski definition) is 0. The summed E-state index contributed by atoms with van der Waals surface area (Å²) in [5.74, 6) is 2.35. The summed E-state index contributed by atoms with van der Waals surface area (Å²) < 4.78 is 6.17. The summed E-state index contributed by atoms with van der Waals surface area (Å²) in [6.45, 7) is 7.44. The van der Waals surface area contributed by atoms with E-state index < -0.39 is 0 Å². The highest BCUT2D eigenvalue weighted by Gasteiger charge is 2.25. The Morgan fingerprint density at radius 1 is 1.13 bits per heavy atom. The molecule has 1 aromatic heterocycles. The van der Waals surface area contributed by atoms with Gasteiger partial charge in [-0.25, -0.2) is 4.98 Å². The molecule has 0 saturated carbocycles. The van der Waals surface area contributed by atoms with Crippen LogP contribution in [0.2, 0.25) is 5.02 Å². The van der Waals surface area contributed by atoms with E-state index in [2.05, 4.69) is 13.0 Å². The van der Waals surface area contributed by atoms with Gasteiger partial charge >= 0.3 is 0 Å². The molecule has 0 fully saturated rings. The molecule has 0 unspecified atom stereocenters. The van der Waals surface area contributed by atoms with E-state index in [0.29, 0.717) is 42.0 Å². The fourth-order valence-corrected chi connectivity index (χ4v) is 4.62. The Hall–Kier alpha value is -2.57. The summed E-state index contributed by atoms with van der Waals surface area (Å²) in [5.41, 5.74) is 4.05. The highest BCUT2D eigenvalue weighted by Crippen LogP contribution is 2.40. The van der Waals surface area contributed by atoms with E-state index in [9.17, 15) is 4.79 Å². The number of rotatable bonds is 6. The van der Waals surface area contributed by atoms with Crippen molar-refractivity contribution in [1.82, 2.24) is 14.9 Å². The number of carbonyl (C=O) groups excluding carboxylic acids is 1. The van der Waals surface area contributed by atoms with Gasteiger partial charge in [-0.05, 0) is 56.7 Å². The van der Waals surface area contributed by atoms with Gasteiger partial charge in [0.05, 0.1) is 11.3 Å². The number of aromatic nitrogens is 2. The molecule has 7 heteroatoms. The normalized spacial score (nSPS) is 12.0. The number of aryl methyl sites for hydroxylation is 1. The van der Waals surface area contributed by atoms with Gasteiger partial charge in [-0.2, -0.15) is 4.98 Å². The van der Waals surface area contributed by atoms with E-state index in [4.69, 9.17) is 26.3 Å². The molecule has 3 aromatic rings. The van der Waals surface area contributed by atoms with E-state index in [1.165, 1.54) is 17.3 Å². The van der Waals surface area contributed by atoms with Crippen molar-refractivity contribution in [3.8, 4) is 23.0 Å². The van der Waals surface area contributed by atoms with Gasteiger partial charge < -0.3 is 9.64 Å². The van der Waals surface area contributed by atoms with E-state index in [-0.39, 0.29) is 5.91 Å². The molecule has 2 heterocycles. The van der Waals surface area contributed by atoms with Gasteiger partial charge in [0.15, 0.2) is 5.82 Å². The van der Waals surface area contributed by atoms with Gasteiger partial charge in [0.1, 0.15) is 10.8 Å². The molecule has 0 spiro atoms. The largest absolute Gasteiger partial charge is 0.438 e. The Bertz CT molecular complexity index is 1110. The van der Waals surface area contributed by atoms with E-state index in [1.807, 2.05) is 55.1 Å². The Morgan fingerprint density at radius 3 is 2.58 bits per heavy atom. The molecule has 0 saturated heterocycles. The molecular weight excluding hydrogens is 430 g/mol. The van der Waals surface area contributed by atoms with Crippen molar-refractivity contribution in [2.24, 2.45) is 0 Å². The van der Waals surface area contributed by atoms with Gasteiger partial charge in [-0.15, -0.1) is 0 Å². The highest BCUT2D eigenvalue weighted by atomic mass is 35.5. The quantitative estimate of drug-likeness (QED) is 0.274. The van der Waals surface area contributed by atoms with Gasteiger partial charge in [-0.3, -0.25) is 4.79 Å². The second kappa shape index (κ2) is 9.28. The molecule has 5 nitrogen and oxygen atoms in total. The van der Waals surface area contributed by atoms with Crippen LogP contribution in [0.4, 0.5) is 0 Å². The molecule has 1 aliphatic rings. The van der Waals surface area contributed by atoms with Crippen LogP contribution in [0.5, 0.6) is 11.6 Å². The van der Waals surface area contributed by atoms with Crippen LogP contribution >= 0.6 is 23.4 Å². The van der Waals surface area contributed by atoms with Crippen molar-refractivity contribution in [2.75, 3.05) is 18.8 Å². The lowest BCUT2D eigenvalue weighted by molar-refractivity contribution is -0.127. The molecule has 2 aromatic carbocycles. The van der Waals surface area contributed by atoms with Crippen LogP contribution in [-0.2, 0) is 11.2 Å². The zero-order valence-electron chi connectivity index (χ0n) is 17.8. The maximum Gasteiger partial charge on any atom is 0.232 e. The lowest BCUT2D eigenvalue weighted by Crippen LogP contribution is -2.31. The predicted octanol–water partition coefficient (Wildman–Crippen LogP) is 5.76. The molecular formula is C24H24ClN3O2S. The number of hydrogen-bond acceptors (Lipinski definition) is 5. The molecule has 1 aliphatic heterocycles. The summed E-state index contributed by atoms with van der Waals surface area (Å²) in [5, 5.41) is 1.43. The number of thioether (sulfide) groups is 1. The molecule has 160 valence electrons. The third-order valence-corrected chi connectivity index (χ3v) is 6.53. The molecule has 0 radical (unpaired) electrons. The first-order valence-corrected chi connectivity index (χ1v) is 11.7. The van der Waals surface area contributed by atoms with Gasteiger partial charge in [0, 0.05) is 30.1 Å². The summed E-state index contributed by atoms with van der Waals surface area (Å²) in [4.78, 5) is 24.0. The minimum Gasteiger partial charge on any atom is -0.438 e. The summed E-state index contributed by atoms with van der Waals surface area (Å²) in [7, 11) is 0. The third kappa shape index (κ3) is 4.70. The van der Waals surface area contributed by atoms with Gasteiger partial charge in [0.25, 0.3) is 0 Å². The number of fused-ring (bicyclic) bond motifs is 2. The van der Waals surface area contributed by atoms with Gasteiger partial charge in [0.2, 0.25) is 11.8 Å². The van der Waals surface area contributed by atoms with E-state index >= 15 is 0 Å². The minimum absolute atomic E-state index is 0.100. The van der Waals surface area contributed by atoms with Crippen molar-refractivity contribution in [3.63, 3.8) is 0 Å². The Morgan fingerprint density at radius 2 is 1.87 bits per heavy atom. The van der Waals surface area contributed by atoms with Crippen LogP contribution in [0, 0.1) is 6.92 Å². The second-order valence-corrected chi connectivity index (χ2v) is 8.79. The number of benzene rings is 2. The Balaban J connectivity index is 1.72. The average Bonchev–Trinajstić information content (AvgIpc) is 2.77. The van der Waals surface area contributed by atoms with Crippen molar-refractivity contribution in [3.05, 3.63) is 64.2 Å². The number of carbonyl (C=O) groups is 1. The van der Waals surface area contributed by atoms with Gasteiger partial charge in [-0.1, -0.05) is 41.1 Å². The van der Waals surface area contributed by atoms with Crippen molar-refractivity contribution >= 4 is 29.3 Å². The van der Waals surface area contributed by atoms with Crippen LogP contribution < -0.4 is 4.74 Å². The zero-order valence-corrected chi connectivity index (χ0v) is 19.4. The second-order valence-electron chi connectivity index (χ2n) is 7.39. The summed E-state index contributed by atoms with van der Waals surface area (Å²) >= 11 is 7.49. The summed E-state index contributed by atoms with van der Waals surface area (Å²) in [6.07, 6.45) is 0.676. The molecule has 31 heavy (non-hydrogen) atoms. The van der Waals surface area contributed by atoms with Crippen molar-refractivity contribution in [2.45, 2.75) is 32.2 Å². The van der Waals surface area contributed by atoms with Crippen molar-refractivity contribution < 1.29 is 9.53 Å². The molecule has 0 atom stereocenters. The van der Waals surface area contributed by atoms with Crippen LogP contribution in [0.1, 0.15) is 30.5 Å². The Labute approximate surface area is 191 Å². The number of amides is 1. The predicted molar refractivity (Wildman–Crippen MR) is 125 cm³/mol. The Kier molecular flexibility index (Phi) is 6.49. The fourth-order valence-electron chi connectivity index (χ4n) is 3.57. The molecule has 0 aliphatic carbocycles. The fraction of sp³-hybridized carbons (Fsp3) is 0.292. The van der Waals surface area contributed by atoms with Crippen LogP contribution in [-0.4, -0.2) is 39.6 Å². The highest BCUT2D eigenvalue weighted by molar-refractivity contribution is 7.99. The molecule has 0 N–H and O–H groups in total. The van der Waals surface area contributed by atoms with Crippen LogP contribution in [0.15, 0.2) is 47.5 Å². The number of ether oxygens (including phenoxy) is 1. The first-order chi connectivity index (χ1) is 15.0. The SMILES string of the molecule is CCN(CC)C(=O)CSc1nc(-c2ccc(Cl)cc2)nc2c1Cc1cc(C)ccc1O2. The van der Waals surface area contributed by atoms with E-state index in [0.717, 1.165) is 27.5 Å². The maximum atomic E-state index is 12.6. The van der Waals surface area contributed by atoms with Crippen LogP contribution in [0.25, 0.3) is 11.4 Å². The maximum absolute atomic E-state index is 12.6. The number of halogens is 1. The first kappa shape index (κ1) is 21.7. The number of nitrogens with zero attached hydrogens (tertiary/aromatic N) is 3. The third-order valence-electron chi connectivity index (χ3n) is 5.27. The topological polar surface area (TPSA) is 55.3 Å². The zero-order chi connectivity index (χ0) is 22.0. The monoisotopic (exact) mass is 453 g/mol. The smallest absolute Gasteiger partial charge is 0.232 e. The lowest BCUT2D eigenvalue weighted by Gasteiger charge is -2.23. The molecule has 4 rings (SSSR count).